The van der Waals surface area contributed by atoms with Crippen molar-refractivity contribution in [2.45, 2.75) is 26.0 Å². The lowest BCUT2D eigenvalue weighted by Crippen LogP contribution is -2.28. The van der Waals surface area contributed by atoms with Crippen LogP contribution < -0.4 is 19.5 Å². The van der Waals surface area contributed by atoms with Crippen molar-refractivity contribution in [3.8, 4) is 17.2 Å². The Morgan fingerprint density at radius 1 is 1.04 bits per heavy atom. The molecule has 0 bridgehead atoms. The molecule has 1 unspecified atom stereocenters. The number of methoxy groups -OCH3 is 2. The molecule has 2 aromatic rings. The summed E-state index contributed by atoms with van der Waals surface area (Å²) in [4.78, 5) is 12.2. The zero-order valence-corrected chi connectivity index (χ0v) is 14.8. The minimum absolute atomic E-state index is 0.0582. The average molecular weight is 365 g/mol. The Kier molecular flexibility index (Phi) is 6.77. The maximum atomic E-state index is 12.2. The third kappa shape index (κ3) is 5.34. The zero-order valence-electron chi connectivity index (χ0n) is 14.8. The number of nitrogens with one attached hydrogen (secondary N) is 1. The molecule has 0 radical (unpaired) electrons. The topological polar surface area (TPSA) is 56.8 Å². The van der Waals surface area contributed by atoms with Gasteiger partial charge in [-0.05, 0) is 42.3 Å². The summed E-state index contributed by atoms with van der Waals surface area (Å²) in [5, 5.41) is 2.89. The highest BCUT2D eigenvalue weighted by Crippen LogP contribution is 2.29. The van der Waals surface area contributed by atoms with Gasteiger partial charge in [-0.2, -0.15) is 8.78 Å². The number of carbonyl (C=O) groups excluding carboxylic acids is 1. The van der Waals surface area contributed by atoms with Crippen molar-refractivity contribution in [1.29, 1.82) is 0 Å². The second-order valence-electron chi connectivity index (χ2n) is 5.60. The van der Waals surface area contributed by atoms with E-state index in [1.54, 1.807) is 38.5 Å². The first-order chi connectivity index (χ1) is 12.4. The van der Waals surface area contributed by atoms with E-state index < -0.39 is 6.61 Å². The van der Waals surface area contributed by atoms with Crippen molar-refractivity contribution in [2.75, 3.05) is 14.2 Å². The number of amides is 1. The molecule has 7 heteroatoms. The van der Waals surface area contributed by atoms with Crippen LogP contribution in [-0.2, 0) is 11.2 Å². The predicted octanol–water partition coefficient (Wildman–Crippen LogP) is 3.73. The molecule has 5 nitrogen and oxygen atoms in total. The number of halogens is 2. The van der Waals surface area contributed by atoms with Crippen molar-refractivity contribution in [1.82, 2.24) is 5.32 Å². The highest BCUT2D eigenvalue weighted by molar-refractivity contribution is 5.79. The first kappa shape index (κ1) is 19.5. The van der Waals surface area contributed by atoms with Gasteiger partial charge in [-0.25, -0.2) is 0 Å². The lowest BCUT2D eigenvalue weighted by atomic mass is 10.1. The minimum atomic E-state index is -2.87. The molecule has 0 saturated carbocycles. The van der Waals surface area contributed by atoms with Crippen LogP contribution in [0.3, 0.4) is 0 Å². The summed E-state index contributed by atoms with van der Waals surface area (Å²) >= 11 is 0. The Balaban J connectivity index is 1.96. The van der Waals surface area contributed by atoms with Crippen LogP contribution in [0.1, 0.15) is 24.1 Å². The van der Waals surface area contributed by atoms with Crippen molar-refractivity contribution < 1.29 is 27.8 Å². The standard InChI is InChI=1S/C19H21F2NO4/c1-12(14-6-9-16(24-2)17(11-14)25-3)22-18(23)10-13-4-7-15(8-5-13)26-19(20)21/h4-9,11-12,19H,10H2,1-3H3,(H,22,23). The Morgan fingerprint density at radius 2 is 1.69 bits per heavy atom. The van der Waals surface area contributed by atoms with Crippen molar-refractivity contribution in [3.63, 3.8) is 0 Å². The fraction of sp³-hybridized carbons (Fsp3) is 0.316. The Morgan fingerprint density at radius 3 is 2.27 bits per heavy atom. The van der Waals surface area contributed by atoms with Gasteiger partial charge in [-0.1, -0.05) is 18.2 Å². The normalized spacial score (nSPS) is 11.8. The lowest BCUT2D eigenvalue weighted by Gasteiger charge is -2.16. The smallest absolute Gasteiger partial charge is 0.387 e. The van der Waals surface area contributed by atoms with E-state index in [1.165, 1.54) is 12.1 Å². The molecule has 1 atom stereocenters. The summed E-state index contributed by atoms with van der Waals surface area (Å²) in [6.07, 6.45) is 0.132. The third-order valence-electron chi connectivity index (χ3n) is 3.80. The van der Waals surface area contributed by atoms with E-state index in [1.807, 2.05) is 13.0 Å². The Bertz CT molecular complexity index is 735. The van der Waals surface area contributed by atoms with E-state index >= 15 is 0 Å². The number of rotatable bonds is 8. The summed E-state index contributed by atoms with van der Waals surface area (Å²) in [7, 11) is 3.10. The van der Waals surface area contributed by atoms with E-state index in [-0.39, 0.29) is 24.1 Å². The van der Waals surface area contributed by atoms with E-state index in [9.17, 15) is 13.6 Å². The Labute approximate surface area is 150 Å². The van der Waals surface area contributed by atoms with Gasteiger partial charge in [0.05, 0.1) is 26.7 Å². The molecule has 26 heavy (non-hydrogen) atoms. The zero-order chi connectivity index (χ0) is 19.1. The third-order valence-corrected chi connectivity index (χ3v) is 3.80. The van der Waals surface area contributed by atoms with Crippen LogP contribution in [0.2, 0.25) is 0 Å². The maximum Gasteiger partial charge on any atom is 0.387 e. The van der Waals surface area contributed by atoms with Crippen molar-refractivity contribution in [3.05, 3.63) is 53.6 Å². The molecular weight excluding hydrogens is 344 g/mol. The molecule has 0 aliphatic rings. The fourth-order valence-corrected chi connectivity index (χ4v) is 2.47. The van der Waals surface area contributed by atoms with Crippen LogP contribution in [0.15, 0.2) is 42.5 Å². The van der Waals surface area contributed by atoms with Gasteiger partial charge in [0.1, 0.15) is 5.75 Å². The van der Waals surface area contributed by atoms with Gasteiger partial charge < -0.3 is 19.5 Å². The van der Waals surface area contributed by atoms with E-state index in [0.29, 0.717) is 17.1 Å². The first-order valence-electron chi connectivity index (χ1n) is 7.98. The largest absolute Gasteiger partial charge is 0.493 e. The SMILES string of the molecule is COc1ccc(C(C)NC(=O)Cc2ccc(OC(F)F)cc2)cc1OC. The van der Waals surface area contributed by atoms with E-state index in [2.05, 4.69) is 10.1 Å². The van der Waals surface area contributed by atoms with Gasteiger partial charge in [-0.3, -0.25) is 4.79 Å². The molecule has 0 fully saturated rings. The number of ether oxygens (including phenoxy) is 3. The molecule has 1 amide bonds. The number of benzene rings is 2. The van der Waals surface area contributed by atoms with Crippen LogP contribution in [0, 0.1) is 0 Å². The number of hydrogen-bond donors (Lipinski definition) is 1. The quantitative estimate of drug-likeness (QED) is 0.775. The molecule has 140 valence electrons. The molecule has 0 spiro atoms. The van der Waals surface area contributed by atoms with Crippen molar-refractivity contribution >= 4 is 5.91 Å². The second kappa shape index (κ2) is 9.03. The summed E-state index contributed by atoms with van der Waals surface area (Å²) in [6, 6.07) is 11.2. The molecule has 0 aromatic heterocycles. The number of hydrogen-bond acceptors (Lipinski definition) is 4. The molecule has 0 aliphatic carbocycles. The van der Waals surface area contributed by atoms with Gasteiger partial charge in [0.2, 0.25) is 5.91 Å². The molecule has 0 heterocycles. The predicted molar refractivity (Wildman–Crippen MR) is 92.9 cm³/mol. The molecular formula is C19H21F2NO4. The molecule has 2 aromatic carbocycles. The number of alkyl halides is 2. The van der Waals surface area contributed by atoms with E-state index in [4.69, 9.17) is 9.47 Å². The summed E-state index contributed by atoms with van der Waals surface area (Å²) < 4.78 is 39.0. The minimum Gasteiger partial charge on any atom is -0.493 e. The maximum absolute atomic E-state index is 12.2. The van der Waals surface area contributed by atoms with Crippen LogP contribution >= 0.6 is 0 Å². The average Bonchev–Trinajstić information content (AvgIpc) is 2.62. The molecule has 1 N–H and O–H groups in total. The second-order valence-corrected chi connectivity index (χ2v) is 5.60. The van der Waals surface area contributed by atoms with Gasteiger partial charge in [0.15, 0.2) is 11.5 Å². The highest BCUT2D eigenvalue weighted by Gasteiger charge is 2.13. The van der Waals surface area contributed by atoms with Crippen LogP contribution in [-0.4, -0.2) is 26.7 Å². The fourth-order valence-electron chi connectivity index (χ4n) is 2.47. The van der Waals surface area contributed by atoms with Crippen LogP contribution in [0.4, 0.5) is 8.78 Å². The van der Waals surface area contributed by atoms with E-state index in [0.717, 1.165) is 5.56 Å². The monoisotopic (exact) mass is 365 g/mol. The van der Waals surface area contributed by atoms with Gasteiger partial charge in [-0.15, -0.1) is 0 Å². The summed E-state index contributed by atoms with van der Waals surface area (Å²) in [6.45, 7) is -1.01. The van der Waals surface area contributed by atoms with Gasteiger partial charge >= 0.3 is 6.61 Å². The highest BCUT2D eigenvalue weighted by atomic mass is 19.3. The number of carbonyl (C=O) groups is 1. The molecule has 0 saturated heterocycles. The lowest BCUT2D eigenvalue weighted by molar-refractivity contribution is -0.121. The van der Waals surface area contributed by atoms with Gasteiger partial charge in [0, 0.05) is 0 Å². The Hall–Kier alpha value is -2.83. The summed E-state index contributed by atoms with van der Waals surface area (Å²) in [5.41, 5.74) is 1.57. The van der Waals surface area contributed by atoms with Gasteiger partial charge in [0.25, 0.3) is 0 Å². The van der Waals surface area contributed by atoms with Crippen LogP contribution in [0.25, 0.3) is 0 Å². The first-order valence-corrected chi connectivity index (χ1v) is 7.98. The van der Waals surface area contributed by atoms with Crippen LogP contribution in [0.5, 0.6) is 17.2 Å². The van der Waals surface area contributed by atoms with Crippen molar-refractivity contribution in [2.24, 2.45) is 0 Å². The molecule has 2 rings (SSSR count). The summed E-state index contributed by atoms with van der Waals surface area (Å²) in [5.74, 6) is 1.07. The molecule has 0 aliphatic heterocycles.